The van der Waals surface area contributed by atoms with E-state index in [1.54, 1.807) is 6.20 Å². The minimum absolute atomic E-state index is 0.225. The second-order valence-corrected chi connectivity index (χ2v) is 7.11. The Hall–Kier alpha value is -1.74. The van der Waals surface area contributed by atoms with Crippen LogP contribution in [0.15, 0.2) is 12.5 Å². The molecule has 1 aliphatic heterocycles. The van der Waals surface area contributed by atoms with E-state index in [4.69, 9.17) is 27.5 Å². The number of nitrogens with zero attached hydrogens (tertiary/aromatic N) is 1. The van der Waals surface area contributed by atoms with Crippen molar-refractivity contribution in [1.29, 1.82) is 0 Å². The molecule has 1 fully saturated rings. The first-order valence-corrected chi connectivity index (χ1v) is 10.1. The van der Waals surface area contributed by atoms with Gasteiger partial charge in [0, 0.05) is 13.0 Å². The summed E-state index contributed by atoms with van der Waals surface area (Å²) in [6.07, 6.45) is 9.70. The fraction of sp³-hybridized carbons (Fsp3) is 0.667. The van der Waals surface area contributed by atoms with Crippen LogP contribution in [0, 0.1) is 0 Å². The van der Waals surface area contributed by atoms with Crippen molar-refractivity contribution in [2.75, 3.05) is 13.1 Å². The van der Waals surface area contributed by atoms with Crippen LogP contribution in [0.3, 0.4) is 0 Å². The average molecular weight is 443 g/mol. The maximum atomic E-state index is 11.9. The summed E-state index contributed by atoms with van der Waals surface area (Å²) >= 11 is 4.80. The second-order valence-electron chi connectivity index (χ2n) is 6.64. The van der Waals surface area contributed by atoms with Gasteiger partial charge in [0.1, 0.15) is 0 Å². The van der Waals surface area contributed by atoms with Crippen LogP contribution in [-0.2, 0) is 36.8 Å². The summed E-state index contributed by atoms with van der Waals surface area (Å²) in [7, 11) is 0. The smallest absolute Gasteiger partial charge is 0.219 e. The van der Waals surface area contributed by atoms with Crippen LogP contribution >= 0.6 is 0 Å². The molecule has 0 unspecified atom stereocenters. The van der Waals surface area contributed by atoms with Crippen molar-refractivity contribution in [2.45, 2.75) is 63.5 Å². The van der Waals surface area contributed by atoms with Crippen molar-refractivity contribution in [3.63, 3.8) is 0 Å². The molecule has 2 amide bonds. The Kier molecular flexibility index (Phi) is 12.4. The molecule has 9 nitrogen and oxygen atoms in total. The second kappa shape index (κ2) is 14.3. The third-order valence-corrected chi connectivity index (χ3v) is 4.57. The summed E-state index contributed by atoms with van der Waals surface area (Å²) in [6, 6.07) is -1.44. The number of nitrogens with one attached hydrogen (secondary N) is 3. The molecule has 2 heterocycles. The van der Waals surface area contributed by atoms with Gasteiger partial charge < -0.3 is 5.32 Å². The van der Waals surface area contributed by atoms with Gasteiger partial charge >= 0.3 is 125 Å². The summed E-state index contributed by atoms with van der Waals surface area (Å²) in [6.45, 7) is 1.46. The van der Waals surface area contributed by atoms with Crippen molar-refractivity contribution in [3.8, 4) is 0 Å². The third-order valence-electron chi connectivity index (χ3n) is 4.24. The van der Waals surface area contributed by atoms with Gasteiger partial charge in [-0.2, -0.15) is 0 Å². The quantitative estimate of drug-likeness (QED) is 0.260. The molecule has 0 saturated carbocycles. The van der Waals surface area contributed by atoms with E-state index in [-0.39, 0.29) is 18.2 Å². The Labute approximate surface area is 174 Å². The molecule has 0 spiro atoms. The standard InChI is InChI=1S/C12H20N5O2.C6H11NO.Cu/c13-4-2-1-3-11(14)12(19)17-10(7-18)5-9-6-15-8-16-9;8-6-4-2-1-3-5-7-6;/h6,8,10-11H,1-5,13-14H2,(H,15,16)(H,17,19);1-5H2,(H,7,8);/t10-,11-;;/m0../s1. The first-order chi connectivity index (χ1) is 13.4. The number of carbonyl (C=O) groups is 3. The molecule has 0 bridgehead atoms. The molecule has 28 heavy (non-hydrogen) atoms. The number of amides is 2. The molecule has 1 aromatic heterocycles. The van der Waals surface area contributed by atoms with Crippen molar-refractivity contribution in [3.05, 3.63) is 18.2 Å². The number of nitrogens with two attached hydrogens (primary N) is 2. The van der Waals surface area contributed by atoms with Gasteiger partial charge in [0.15, 0.2) is 0 Å². The molecule has 0 radical (unpaired) electrons. The number of imidazole rings is 1. The van der Waals surface area contributed by atoms with Crippen molar-refractivity contribution >= 4 is 16.5 Å². The molecule has 162 valence electrons. The zero-order valence-electron chi connectivity index (χ0n) is 16.0. The molecule has 7 N–H and O–H groups in total. The zero-order chi connectivity index (χ0) is 20.8. The van der Waals surface area contributed by atoms with Gasteiger partial charge in [0.2, 0.25) is 5.91 Å². The number of carbonyl (C=O) groups excluding carboxylic acids is 3. The molecule has 1 saturated heterocycles. The van der Waals surface area contributed by atoms with Crippen molar-refractivity contribution < 1.29 is 30.4 Å². The molecular formula is C18H31CuN6O3. The summed E-state index contributed by atoms with van der Waals surface area (Å²) in [5, 5.41) is 5.38. The fourth-order valence-corrected chi connectivity index (χ4v) is 2.77. The van der Waals surface area contributed by atoms with E-state index >= 15 is 0 Å². The summed E-state index contributed by atoms with van der Waals surface area (Å²) in [4.78, 5) is 40.6. The van der Waals surface area contributed by atoms with Crippen LogP contribution in [-0.4, -0.2) is 51.6 Å². The summed E-state index contributed by atoms with van der Waals surface area (Å²) < 4.78 is -0.553. The van der Waals surface area contributed by atoms with Crippen LogP contribution < -0.4 is 22.1 Å². The van der Waals surface area contributed by atoms with Gasteiger partial charge in [-0.1, -0.05) is 6.42 Å². The monoisotopic (exact) mass is 442 g/mol. The fourth-order valence-electron chi connectivity index (χ4n) is 2.61. The van der Waals surface area contributed by atoms with Crippen LogP contribution in [0.1, 0.15) is 50.6 Å². The predicted octanol–water partition coefficient (Wildman–Crippen LogP) is -0.357. The number of aromatic nitrogens is 2. The van der Waals surface area contributed by atoms with Gasteiger partial charge in [-0.25, -0.2) is 0 Å². The van der Waals surface area contributed by atoms with Gasteiger partial charge in [-0.05, 0) is 12.8 Å². The molecule has 1 aliphatic rings. The number of unbranched alkanes of at least 4 members (excludes halogenated alkanes) is 1. The van der Waals surface area contributed by atoms with Gasteiger partial charge in [0.05, 0.1) is 0 Å². The van der Waals surface area contributed by atoms with Crippen LogP contribution in [0.25, 0.3) is 0 Å². The molecule has 1 aromatic rings. The molecule has 0 aromatic carbocycles. The molecule has 2 atom stereocenters. The van der Waals surface area contributed by atoms with Gasteiger partial charge in [-0.15, -0.1) is 0 Å². The number of hydrogen-bond acceptors (Lipinski definition) is 6. The molecular weight excluding hydrogens is 412 g/mol. The van der Waals surface area contributed by atoms with E-state index in [2.05, 4.69) is 20.6 Å². The summed E-state index contributed by atoms with van der Waals surface area (Å²) in [5.74, 6) is -0.153. The predicted molar refractivity (Wildman–Crippen MR) is 102 cm³/mol. The maximum Gasteiger partial charge on any atom is 0.219 e. The Bertz CT molecular complexity index is 586. The number of hydrogen-bond donors (Lipinski definition) is 5. The number of aromatic amines is 1. The SMILES string of the molecule is NCCCC[C@H](N)C(=O)N[C@@H](Cc1c[nH]cn1)[C](=O)[Cu].O=C1CCCCCN1. The zero-order valence-corrected chi connectivity index (χ0v) is 17.0. The van der Waals surface area contributed by atoms with E-state index in [9.17, 15) is 14.4 Å². The Balaban J connectivity index is 0.000000406. The van der Waals surface area contributed by atoms with Crippen LogP contribution in [0.2, 0.25) is 0 Å². The first kappa shape index (κ1) is 24.3. The number of rotatable bonds is 9. The Morgan fingerprint density at radius 3 is 2.71 bits per heavy atom. The molecule has 2 rings (SSSR count). The van der Waals surface area contributed by atoms with E-state index < -0.39 is 16.8 Å². The minimum atomic E-state index is -0.786. The first-order valence-electron chi connectivity index (χ1n) is 9.60. The van der Waals surface area contributed by atoms with Gasteiger partial charge in [0.25, 0.3) is 0 Å². The van der Waals surface area contributed by atoms with Crippen molar-refractivity contribution in [2.24, 2.45) is 11.5 Å². The van der Waals surface area contributed by atoms with E-state index in [1.165, 1.54) is 12.7 Å². The van der Waals surface area contributed by atoms with Crippen LogP contribution in [0.5, 0.6) is 0 Å². The third kappa shape index (κ3) is 10.6. The van der Waals surface area contributed by atoms with E-state index in [0.717, 1.165) is 38.6 Å². The van der Waals surface area contributed by atoms with E-state index in [1.807, 2.05) is 0 Å². The van der Waals surface area contributed by atoms with Gasteiger partial charge in [-0.3, -0.25) is 4.79 Å². The normalized spacial score (nSPS) is 16.1. The Morgan fingerprint density at radius 2 is 2.07 bits per heavy atom. The summed E-state index contributed by atoms with van der Waals surface area (Å²) in [5.41, 5.74) is 11.8. The largest absolute Gasteiger partial charge is 0.356 e. The van der Waals surface area contributed by atoms with Crippen molar-refractivity contribution in [1.82, 2.24) is 20.6 Å². The maximum absolute atomic E-state index is 11.9. The number of H-pyrrole nitrogens is 1. The minimum Gasteiger partial charge on any atom is -0.356 e. The van der Waals surface area contributed by atoms with Crippen LogP contribution in [0.4, 0.5) is 0 Å². The Morgan fingerprint density at radius 1 is 1.29 bits per heavy atom. The van der Waals surface area contributed by atoms with E-state index in [0.29, 0.717) is 18.7 Å². The topological polar surface area (TPSA) is 156 Å². The molecule has 10 heteroatoms. The average Bonchev–Trinajstić information content (AvgIpc) is 3.06. The molecule has 0 aliphatic carbocycles.